The van der Waals surface area contributed by atoms with Crippen LogP contribution in [0, 0.1) is 0 Å². The first kappa shape index (κ1) is 10.2. The van der Waals surface area contributed by atoms with Gasteiger partial charge in [-0.05, 0) is 17.7 Å². The number of para-hydroxylation sites is 1. The van der Waals surface area contributed by atoms with Gasteiger partial charge in [-0.15, -0.1) is 0 Å². The number of anilines is 1. The minimum atomic E-state index is -0.500. The first-order chi connectivity index (χ1) is 7.59. The normalized spacial score (nSPS) is 13.4. The van der Waals surface area contributed by atoms with Crippen LogP contribution in [0.3, 0.4) is 0 Å². The lowest BCUT2D eigenvalue weighted by Gasteiger charge is -2.18. The van der Waals surface area contributed by atoms with Gasteiger partial charge in [-0.2, -0.15) is 0 Å². The van der Waals surface area contributed by atoms with Crippen LogP contribution < -0.4 is 16.8 Å². The molecular weight excluding hydrogens is 206 g/mol. The minimum Gasteiger partial charge on any atom is -0.380 e. The maximum Gasteiger partial charge on any atom is 0.250 e. The molecule has 0 saturated carbocycles. The Morgan fingerprint density at radius 1 is 1.19 bits per heavy atom. The van der Waals surface area contributed by atoms with Crippen LogP contribution in [0.25, 0.3) is 6.08 Å². The smallest absolute Gasteiger partial charge is 0.250 e. The number of fused-ring (bicyclic) bond motifs is 1. The molecule has 1 heterocycles. The van der Waals surface area contributed by atoms with Crippen LogP contribution in [0.5, 0.6) is 0 Å². The molecule has 82 valence electrons. The highest BCUT2D eigenvalue weighted by molar-refractivity contribution is 6.04. The number of primary amides is 2. The summed E-state index contributed by atoms with van der Waals surface area (Å²) >= 11 is 0. The molecule has 0 fully saturated rings. The molecule has 1 aliphatic heterocycles. The number of hydrogen-bond acceptors (Lipinski definition) is 3. The standard InChI is InChI=1S/C11H11N3O2/c12-10(15)7-4-6-2-1-3-8(11(13)16)9(6)14-5-7/h1-4,14H,5H2,(H2,12,15)(H2,13,16). The van der Waals surface area contributed by atoms with Crippen molar-refractivity contribution in [2.75, 3.05) is 11.9 Å². The van der Waals surface area contributed by atoms with Crippen molar-refractivity contribution in [3.63, 3.8) is 0 Å². The van der Waals surface area contributed by atoms with Crippen molar-refractivity contribution in [2.45, 2.75) is 0 Å². The molecule has 0 unspecified atom stereocenters. The van der Waals surface area contributed by atoms with Crippen LogP contribution in [-0.2, 0) is 4.79 Å². The van der Waals surface area contributed by atoms with Crippen molar-refractivity contribution in [3.05, 3.63) is 34.9 Å². The van der Waals surface area contributed by atoms with Crippen LogP contribution in [0.4, 0.5) is 5.69 Å². The molecule has 0 spiro atoms. The van der Waals surface area contributed by atoms with Gasteiger partial charge in [0.1, 0.15) is 0 Å². The molecule has 1 aliphatic rings. The van der Waals surface area contributed by atoms with Gasteiger partial charge in [-0.3, -0.25) is 9.59 Å². The highest BCUT2D eigenvalue weighted by atomic mass is 16.1. The molecule has 5 nitrogen and oxygen atoms in total. The topological polar surface area (TPSA) is 98.2 Å². The third-order valence-electron chi connectivity index (χ3n) is 2.46. The fourth-order valence-electron chi connectivity index (χ4n) is 1.67. The molecule has 2 amide bonds. The van der Waals surface area contributed by atoms with Crippen molar-refractivity contribution in [2.24, 2.45) is 11.5 Å². The Labute approximate surface area is 92.1 Å². The van der Waals surface area contributed by atoms with Crippen molar-refractivity contribution in [1.82, 2.24) is 0 Å². The Kier molecular flexibility index (Phi) is 2.36. The fraction of sp³-hybridized carbons (Fsp3) is 0.0909. The summed E-state index contributed by atoms with van der Waals surface area (Å²) in [6.45, 7) is 0.312. The van der Waals surface area contributed by atoms with Crippen LogP contribution in [0.15, 0.2) is 23.8 Å². The van der Waals surface area contributed by atoms with E-state index in [-0.39, 0.29) is 0 Å². The Morgan fingerprint density at radius 3 is 2.56 bits per heavy atom. The molecule has 16 heavy (non-hydrogen) atoms. The fourth-order valence-corrected chi connectivity index (χ4v) is 1.67. The summed E-state index contributed by atoms with van der Waals surface area (Å²) in [6, 6.07) is 5.13. The minimum absolute atomic E-state index is 0.312. The zero-order valence-corrected chi connectivity index (χ0v) is 8.49. The van der Waals surface area contributed by atoms with Gasteiger partial charge in [-0.25, -0.2) is 0 Å². The summed E-state index contributed by atoms with van der Waals surface area (Å²) in [4.78, 5) is 22.2. The molecule has 0 aromatic heterocycles. The molecule has 0 saturated heterocycles. The maximum atomic E-state index is 11.2. The summed E-state index contributed by atoms with van der Waals surface area (Å²) in [6.07, 6.45) is 1.67. The Bertz CT molecular complexity index is 506. The molecule has 2 rings (SSSR count). The predicted molar refractivity (Wildman–Crippen MR) is 60.6 cm³/mol. The van der Waals surface area contributed by atoms with Gasteiger partial charge in [0.25, 0.3) is 5.91 Å². The lowest BCUT2D eigenvalue weighted by atomic mass is 10.00. The van der Waals surface area contributed by atoms with E-state index in [0.29, 0.717) is 23.4 Å². The lowest BCUT2D eigenvalue weighted by molar-refractivity contribution is -0.114. The van der Waals surface area contributed by atoms with Crippen LogP contribution >= 0.6 is 0 Å². The summed E-state index contributed by atoms with van der Waals surface area (Å²) in [5, 5.41) is 2.97. The first-order valence-corrected chi connectivity index (χ1v) is 4.76. The molecular formula is C11H11N3O2. The second-order valence-corrected chi connectivity index (χ2v) is 3.52. The molecule has 1 aromatic rings. The number of hydrogen-bond donors (Lipinski definition) is 3. The number of carbonyl (C=O) groups is 2. The Balaban J connectivity index is 2.53. The van der Waals surface area contributed by atoms with Crippen molar-refractivity contribution >= 4 is 23.6 Å². The molecule has 0 atom stereocenters. The predicted octanol–water partition coefficient (Wildman–Crippen LogP) is 0.0797. The molecule has 0 aliphatic carbocycles. The van der Waals surface area contributed by atoms with Crippen LogP contribution in [0.1, 0.15) is 15.9 Å². The van der Waals surface area contributed by atoms with Crippen molar-refractivity contribution in [1.29, 1.82) is 0 Å². The molecule has 0 bridgehead atoms. The number of rotatable bonds is 2. The van der Waals surface area contributed by atoms with Crippen molar-refractivity contribution in [3.8, 4) is 0 Å². The van der Waals surface area contributed by atoms with Crippen LogP contribution in [0.2, 0.25) is 0 Å². The largest absolute Gasteiger partial charge is 0.380 e. The second-order valence-electron chi connectivity index (χ2n) is 3.52. The summed E-state index contributed by atoms with van der Waals surface area (Å²) in [5.74, 6) is -0.970. The lowest BCUT2D eigenvalue weighted by Crippen LogP contribution is -2.24. The Hall–Kier alpha value is -2.30. The van der Waals surface area contributed by atoms with Gasteiger partial charge in [0, 0.05) is 12.1 Å². The van der Waals surface area contributed by atoms with E-state index in [1.807, 2.05) is 0 Å². The Morgan fingerprint density at radius 2 is 1.94 bits per heavy atom. The number of nitrogens with two attached hydrogens (primary N) is 2. The molecule has 5 heteroatoms. The van der Waals surface area contributed by atoms with Gasteiger partial charge in [0.05, 0.1) is 11.3 Å². The SMILES string of the molecule is NC(=O)C1=Cc2cccc(C(N)=O)c2NC1. The van der Waals surface area contributed by atoms with E-state index < -0.39 is 11.8 Å². The average molecular weight is 217 g/mol. The van der Waals surface area contributed by atoms with Gasteiger partial charge in [-0.1, -0.05) is 12.1 Å². The summed E-state index contributed by atoms with van der Waals surface area (Å²) in [7, 11) is 0. The van der Waals surface area contributed by atoms with Gasteiger partial charge in [0.15, 0.2) is 0 Å². The highest BCUT2D eigenvalue weighted by Gasteiger charge is 2.17. The molecule has 5 N–H and O–H groups in total. The van der Waals surface area contributed by atoms with E-state index in [4.69, 9.17) is 11.5 Å². The maximum absolute atomic E-state index is 11.2. The number of carbonyl (C=O) groups excluding carboxylic acids is 2. The molecule has 1 aromatic carbocycles. The van der Waals surface area contributed by atoms with E-state index in [0.717, 1.165) is 5.56 Å². The number of benzene rings is 1. The van der Waals surface area contributed by atoms with Gasteiger partial charge >= 0.3 is 0 Å². The van der Waals surface area contributed by atoms with Crippen molar-refractivity contribution < 1.29 is 9.59 Å². The molecule has 0 radical (unpaired) electrons. The number of amides is 2. The monoisotopic (exact) mass is 217 g/mol. The summed E-state index contributed by atoms with van der Waals surface area (Å²) in [5.41, 5.74) is 12.7. The van der Waals surface area contributed by atoms with E-state index in [2.05, 4.69) is 5.32 Å². The quantitative estimate of drug-likeness (QED) is 0.654. The first-order valence-electron chi connectivity index (χ1n) is 4.76. The highest BCUT2D eigenvalue weighted by Crippen LogP contribution is 2.27. The third kappa shape index (κ3) is 1.63. The zero-order valence-electron chi connectivity index (χ0n) is 8.49. The van der Waals surface area contributed by atoms with E-state index in [1.165, 1.54) is 0 Å². The van der Waals surface area contributed by atoms with Crippen LogP contribution in [-0.4, -0.2) is 18.4 Å². The third-order valence-corrected chi connectivity index (χ3v) is 2.46. The zero-order chi connectivity index (χ0) is 11.7. The average Bonchev–Trinajstić information content (AvgIpc) is 2.27. The van der Waals surface area contributed by atoms with Gasteiger partial charge in [0.2, 0.25) is 5.91 Å². The summed E-state index contributed by atoms with van der Waals surface area (Å²) < 4.78 is 0. The van der Waals surface area contributed by atoms with E-state index >= 15 is 0 Å². The second kappa shape index (κ2) is 3.69. The van der Waals surface area contributed by atoms with E-state index in [1.54, 1.807) is 24.3 Å². The van der Waals surface area contributed by atoms with E-state index in [9.17, 15) is 9.59 Å². The number of nitrogens with one attached hydrogen (secondary N) is 1. The van der Waals surface area contributed by atoms with Gasteiger partial charge < -0.3 is 16.8 Å².